The lowest BCUT2D eigenvalue weighted by Crippen LogP contribution is -2.30. The van der Waals surface area contributed by atoms with E-state index < -0.39 is 11.5 Å². The molecule has 0 saturated heterocycles. The molecule has 0 aromatic rings. The Morgan fingerprint density at radius 3 is 2.53 bits per heavy atom. The van der Waals surface area contributed by atoms with Crippen LogP contribution in [0.5, 0.6) is 0 Å². The highest BCUT2D eigenvalue weighted by atomic mass is 16.6. The van der Waals surface area contributed by atoms with Crippen LogP contribution < -0.4 is 0 Å². The number of esters is 1. The molecule has 1 N–H and O–H groups in total. The zero-order chi connectivity index (χ0) is 11.9. The second-order valence-electron chi connectivity index (χ2n) is 3.92. The number of carbonyl (C=O) groups is 2. The number of ether oxygens (including phenoxy) is 2. The molecule has 0 aromatic carbocycles. The van der Waals surface area contributed by atoms with Gasteiger partial charge in [-0.15, -0.1) is 0 Å². The first-order valence-corrected chi connectivity index (χ1v) is 4.84. The maximum absolute atomic E-state index is 11.4. The lowest BCUT2D eigenvalue weighted by molar-refractivity contribution is -0.158. The summed E-state index contributed by atoms with van der Waals surface area (Å²) < 4.78 is 9.19. The third kappa shape index (κ3) is 5.37. The molecular weight excluding hydrogens is 200 g/mol. The Morgan fingerprint density at radius 2 is 2.07 bits per heavy atom. The van der Waals surface area contributed by atoms with Crippen molar-refractivity contribution >= 4 is 12.4 Å². The van der Waals surface area contributed by atoms with E-state index in [1.54, 1.807) is 13.8 Å². The van der Waals surface area contributed by atoms with Gasteiger partial charge in [0, 0.05) is 0 Å². The van der Waals surface area contributed by atoms with E-state index in [0.717, 1.165) is 0 Å². The van der Waals surface area contributed by atoms with Crippen molar-refractivity contribution in [1.82, 2.24) is 0 Å². The van der Waals surface area contributed by atoms with Crippen LogP contribution in [0.3, 0.4) is 0 Å². The third-order valence-corrected chi connectivity index (χ3v) is 2.20. The quantitative estimate of drug-likeness (QED) is 0.497. The molecule has 0 saturated carbocycles. The molecule has 0 aromatic heterocycles. The molecule has 0 heterocycles. The smallest absolute Gasteiger partial charge is 0.311 e. The molecule has 1 atom stereocenters. The van der Waals surface area contributed by atoms with Gasteiger partial charge in [0.05, 0.1) is 5.41 Å². The summed E-state index contributed by atoms with van der Waals surface area (Å²) in [6, 6.07) is 0. The van der Waals surface area contributed by atoms with E-state index in [9.17, 15) is 14.7 Å². The normalized spacial score (nSPS) is 13.1. The van der Waals surface area contributed by atoms with Gasteiger partial charge >= 0.3 is 5.97 Å². The molecule has 0 rings (SSSR count). The maximum Gasteiger partial charge on any atom is 0.311 e. The van der Waals surface area contributed by atoms with Crippen LogP contribution in [-0.4, -0.2) is 36.9 Å². The van der Waals surface area contributed by atoms with E-state index in [1.165, 1.54) is 0 Å². The maximum atomic E-state index is 11.4. The molecule has 15 heavy (non-hydrogen) atoms. The van der Waals surface area contributed by atoms with Crippen LogP contribution in [0.4, 0.5) is 0 Å². The lowest BCUT2D eigenvalue weighted by atomic mass is 9.91. The lowest BCUT2D eigenvalue weighted by Gasteiger charge is -2.21. The molecule has 0 amide bonds. The van der Waals surface area contributed by atoms with Crippen molar-refractivity contribution in [3.8, 4) is 0 Å². The molecule has 0 bridgehead atoms. The molecule has 0 radical (unpaired) electrons. The minimum atomic E-state index is -0.966. The van der Waals surface area contributed by atoms with Gasteiger partial charge in [-0.25, -0.2) is 0 Å². The highest BCUT2D eigenvalue weighted by Gasteiger charge is 2.27. The van der Waals surface area contributed by atoms with Crippen molar-refractivity contribution in [1.29, 1.82) is 0 Å². The fourth-order valence-corrected chi connectivity index (χ4v) is 0.710. The Balaban J connectivity index is 3.85. The second-order valence-corrected chi connectivity index (χ2v) is 3.92. The average Bonchev–Trinajstić information content (AvgIpc) is 2.22. The monoisotopic (exact) mass is 218 g/mol. The van der Waals surface area contributed by atoms with Crippen molar-refractivity contribution in [2.75, 3.05) is 13.2 Å². The SMILES string of the molecule is CCC(C)(C)C(=O)OCC(O)COC=O. The molecule has 0 aliphatic rings. The number of aliphatic hydroxyl groups excluding tert-OH is 1. The van der Waals surface area contributed by atoms with E-state index >= 15 is 0 Å². The molecule has 5 nitrogen and oxygen atoms in total. The van der Waals surface area contributed by atoms with Crippen molar-refractivity contribution < 1.29 is 24.2 Å². The van der Waals surface area contributed by atoms with Crippen molar-refractivity contribution in [3.63, 3.8) is 0 Å². The minimum Gasteiger partial charge on any atom is -0.465 e. The summed E-state index contributed by atoms with van der Waals surface area (Å²) in [4.78, 5) is 21.2. The Labute approximate surface area is 89.4 Å². The number of carbonyl (C=O) groups excluding carboxylic acids is 2. The first-order chi connectivity index (χ1) is 6.94. The largest absolute Gasteiger partial charge is 0.465 e. The van der Waals surface area contributed by atoms with Gasteiger partial charge in [0.2, 0.25) is 0 Å². The third-order valence-electron chi connectivity index (χ3n) is 2.20. The van der Waals surface area contributed by atoms with Crippen LogP contribution in [0.15, 0.2) is 0 Å². The van der Waals surface area contributed by atoms with Gasteiger partial charge in [0.25, 0.3) is 6.47 Å². The summed E-state index contributed by atoms with van der Waals surface area (Å²) in [7, 11) is 0. The first kappa shape index (κ1) is 13.9. The average molecular weight is 218 g/mol. The predicted octanol–water partition coefficient (Wildman–Crippen LogP) is 0.500. The van der Waals surface area contributed by atoms with Crippen LogP contribution in [-0.2, 0) is 19.1 Å². The van der Waals surface area contributed by atoms with Crippen LogP contribution in [0.2, 0.25) is 0 Å². The highest BCUT2D eigenvalue weighted by molar-refractivity contribution is 5.75. The van der Waals surface area contributed by atoms with E-state index in [-0.39, 0.29) is 25.7 Å². The topological polar surface area (TPSA) is 72.8 Å². The Kier molecular flexibility index (Phi) is 5.93. The van der Waals surface area contributed by atoms with Gasteiger partial charge in [-0.1, -0.05) is 6.92 Å². The molecule has 5 heteroatoms. The number of hydrogen-bond acceptors (Lipinski definition) is 5. The standard InChI is InChI=1S/C10H18O5/c1-4-10(2,3)9(13)15-6-8(12)5-14-7-11/h7-8,12H,4-6H2,1-3H3. The van der Waals surface area contributed by atoms with Crippen LogP contribution >= 0.6 is 0 Å². The summed E-state index contributed by atoms with van der Waals surface area (Å²) in [6.45, 7) is 5.33. The zero-order valence-electron chi connectivity index (χ0n) is 9.36. The van der Waals surface area contributed by atoms with Crippen molar-refractivity contribution in [2.45, 2.75) is 33.3 Å². The summed E-state index contributed by atoms with van der Waals surface area (Å²) >= 11 is 0. The van der Waals surface area contributed by atoms with Gasteiger partial charge in [-0.3, -0.25) is 9.59 Å². The molecule has 0 aliphatic heterocycles. The predicted molar refractivity (Wildman–Crippen MR) is 53.1 cm³/mol. The van der Waals surface area contributed by atoms with E-state index in [2.05, 4.69) is 4.74 Å². The van der Waals surface area contributed by atoms with E-state index in [0.29, 0.717) is 6.42 Å². The zero-order valence-corrected chi connectivity index (χ0v) is 9.36. The molecule has 0 spiro atoms. The molecular formula is C10H18O5. The van der Waals surface area contributed by atoms with Gasteiger partial charge in [0.15, 0.2) is 0 Å². The van der Waals surface area contributed by atoms with E-state index in [1.807, 2.05) is 6.92 Å². The van der Waals surface area contributed by atoms with Crippen LogP contribution in [0.25, 0.3) is 0 Å². The fraction of sp³-hybridized carbons (Fsp3) is 0.800. The number of aliphatic hydroxyl groups is 1. The number of rotatable bonds is 7. The van der Waals surface area contributed by atoms with Crippen molar-refractivity contribution in [2.24, 2.45) is 5.41 Å². The highest BCUT2D eigenvalue weighted by Crippen LogP contribution is 2.21. The van der Waals surface area contributed by atoms with Crippen LogP contribution in [0, 0.1) is 5.41 Å². The second kappa shape index (κ2) is 6.40. The Morgan fingerprint density at radius 1 is 1.47 bits per heavy atom. The van der Waals surface area contributed by atoms with Gasteiger partial charge in [-0.05, 0) is 20.3 Å². The molecule has 0 fully saturated rings. The van der Waals surface area contributed by atoms with E-state index in [4.69, 9.17) is 4.74 Å². The Bertz CT molecular complexity index is 212. The molecule has 0 aliphatic carbocycles. The molecule has 1 unspecified atom stereocenters. The number of hydrogen-bond donors (Lipinski definition) is 1. The summed E-state index contributed by atoms with van der Waals surface area (Å²) in [5.74, 6) is -0.366. The van der Waals surface area contributed by atoms with Gasteiger partial charge in [0.1, 0.15) is 19.3 Å². The molecule has 88 valence electrons. The Hall–Kier alpha value is -1.10. The fourth-order valence-electron chi connectivity index (χ4n) is 0.710. The summed E-state index contributed by atoms with van der Waals surface area (Å²) in [5, 5.41) is 9.21. The summed E-state index contributed by atoms with van der Waals surface area (Å²) in [6.07, 6.45) is -0.306. The van der Waals surface area contributed by atoms with Gasteiger partial charge in [-0.2, -0.15) is 0 Å². The van der Waals surface area contributed by atoms with Crippen LogP contribution in [0.1, 0.15) is 27.2 Å². The van der Waals surface area contributed by atoms with Gasteiger partial charge < -0.3 is 14.6 Å². The first-order valence-electron chi connectivity index (χ1n) is 4.84. The van der Waals surface area contributed by atoms with Crippen molar-refractivity contribution in [3.05, 3.63) is 0 Å². The minimum absolute atomic E-state index is 0.157. The summed E-state index contributed by atoms with van der Waals surface area (Å²) in [5.41, 5.74) is -0.550.